The number of para-hydroxylation sites is 1. The lowest BCUT2D eigenvalue weighted by Crippen LogP contribution is -2.38. The molecule has 2 heterocycles. The molecule has 2 aliphatic heterocycles. The lowest BCUT2D eigenvalue weighted by atomic mass is 9.92. The van der Waals surface area contributed by atoms with Crippen molar-refractivity contribution in [2.75, 3.05) is 18.1 Å². The minimum Gasteiger partial charge on any atom is -0.493 e. The Hall–Kier alpha value is -4.65. The van der Waals surface area contributed by atoms with E-state index in [1.165, 1.54) is 12.1 Å². The third kappa shape index (κ3) is 5.47. The number of esters is 1. The Morgan fingerprint density at radius 1 is 0.952 bits per heavy atom. The number of benzene rings is 4. The quantitative estimate of drug-likeness (QED) is 0.216. The zero-order valence-corrected chi connectivity index (χ0v) is 23.6. The van der Waals surface area contributed by atoms with E-state index in [1.54, 1.807) is 23.1 Å². The van der Waals surface area contributed by atoms with Gasteiger partial charge in [0.1, 0.15) is 23.9 Å². The summed E-state index contributed by atoms with van der Waals surface area (Å²) >= 11 is 0. The van der Waals surface area contributed by atoms with Gasteiger partial charge in [0, 0.05) is 28.8 Å². The predicted molar refractivity (Wildman–Crippen MR) is 158 cm³/mol. The van der Waals surface area contributed by atoms with Crippen LogP contribution in [-0.2, 0) is 16.1 Å². The number of carbonyl (C=O) groups excluding carboxylic acids is 2. The van der Waals surface area contributed by atoms with Gasteiger partial charge in [0.25, 0.3) is 5.91 Å². The first-order chi connectivity index (χ1) is 20.4. The maximum absolute atomic E-state index is 13.9. The van der Waals surface area contributed by atoms with Gasteiger partial charge < -0.3 is 19.1 Å². The molecule has 0 saturated carbocycles. The molecule has 0 saturated heterocycles. The molecule has 0 bridgehead atoms. The molecule has 2 unspecified atom stereocenters. The average Bonchev–Trinajstić information content (AvgIpc) is 3.52. The van der Waals surface area contributed by atoms with E-state index in [1.807, 2.05) is 74.5 Å². The smallest absolute Gasteiger partial charge is 0.306 e. The molecule has 6 rings (SSSR count). The van der Waals surface area contributed by atoms with Crippen molar-refractivity contribution in [1.29, 1.82) is 0 Å². The van der Waals surface area contributed by atoms with Crippen LogP contribution in [-0.4, -0.2) is 31.1 Å². The van der Waals surface area contributed by atoms with E-state index >= 15 is 0 Å². The van der Waals surface area contributed by atoms with E-state index in [0.717, 1.165) is 27.9 Å². The highest BCUT2D eigenvalue weighted by Crippen LogP contribution is 2.44. The summed E-state index contributed by atoms with van der Waals surface area (Å²) in [5.74, 6) is 0.330. The summed E-state index contributed by atoms with van der Waals surface area (Å²) in [5, 5.41) is 0. The maximum atomic E-state index is 13.9. The van der Waals surface area contributed by atoms with E-state index < -0.39 is 0 Å². The fourth-order valence-corrected chi connectivity index (χ4v) is 5.91. The van der Waals surface area contributed by atoms with Crippen LogP contribution in [0.4, 0.5) is 10.1 Å². The highest BCUT2D eigenvalue weighted by atomic mass is 19.1. The van der Waals surface area contributed by atoms with Crippen molar-refractivity contribution in [3.05, 3.63) is 125 Å². The molecule has 0 radical (unpaired) electrons. The number of ether oxygens (including phenoxy) is 3. The maximum Gasteiger partial charge on any atom is 0.306 e. The van der Waals surface area contributed by atoms with Crippen LogP contribution in [0.2, 0.25) is 0 Å². The topological polar surface area (TPSA) is 65.1 Å². The van der Waals surface area contributed by atoms with Gasteiger partial charge in [0.2, 0.25) is 0 Å². The van der Waals surface area contributed by atoms with Gasteiger partial charge in [0.15, 0.2) is 0 Å². The number of anilines is 1. The molecule has 42 heavy (non-hydrogen) atoms. The summed E-state index contributed by atoms with van der Waals surface area (Å²) in [5.41, 5.74) is 4.85. The summed E-state index contributed by atoms with van der Waals surface area (Å²) in [6.07, 6.45) is 0.179. The first-order valence-electron chi connectivity index (χ1n) is 14.2. The van der Waals surface area contributed by atoms with Crippen LogP contribution in [0.25, 0.3) is 0 Å². The van der Waals surface area contributed by atoms with E-state index in [-0.39, 0.29) is 48.6 Å². The second kappa shape index (κ2) is 11.7. The molecule has 2 aliphatic rings. The Morgan fingerprint density at radius 2 is 1.74 bits per heavy atom. The Bertz CT molecular complexity index is 1620. The zero-order chi connectivity index (χ0) is 29.2. The van der Waals surface area contributed by atoms with Crippen molar-refractivity contribution < 1.29 is 28.2 Å². The van der Waals surface area contributed by atoms with Crippen LogP contribution < -0.4 is 14.4 Å². The standard InChI is InChI=1S/C35H32FNO5/c1-22-16-27(40-20-25-21-41-33-15-12-26(36)17-31(25)33)13-14-28(22)35(39)37-23(2)30(29-10-6-7-11-32(29)37)18-34(38)42-19-24-8-4-3-5-9-24/h3-17,23,25,30H,18-21H2,1-2H3/t23?,25-,30?/m1/s1. The van der Waals surface area contributed by atoms with E-state index in [4.69, 9.17) is 14.2 Å². The Balaban J connectivity index is 1.14. The SMILES string of the molecule is Cc1cc(OC[C@@H]2COc3ccc(F)cc32)ccc1C(=O)N1c2ccccc2C(CC(=O)OCc2ccccc2)C1C. The number of nitrogens with zero attached hydrogens (tertiary/aromatic N) is 1. The van der Waals surface area contributed by atoms with Gasteiger partial charge in [-0.15, -0.1) is 0 Å². The molecule has 1 amide bonds. The number of halogens is 1. The number of carbonyl (C=O) groups is 2. The van der Waals surface area contributed by atoms with Crippen molar-refractivity contribution >= 4 is 17.6 Å². The summed E-state index contributed by atoms with van der Waals surface area (Å²) in [6, 6.07) is 27.0. The van der Waals surface area contributed by atoms with Gasteiger partial charge in [-0.1, -0.05) is 48.5 Å². The molecular formula is C35H32FNO5. The normalized spacial score (nSPS) is 18.6. The zero-order valence-electron chi connectivity index (χ0n) is 23.6. The highest BCUT2D eigenvalue weighted by Gasteiger charge is 2.40. The molecule has 7 heteroatoms. The van der Waals surface area contributed by atoms with Crippen molar-refractivity contribution in [3.63, 3.8) is 0 Å². The number of rotatable bonds is 8. The van der Waals surface area contributed by atoms with Crippen LogP contribution in [0.15, 0.2) is 91.0 Å². The van der Waals surface area contributed by atoms with Crippen molar-refractivity contribution in [1.82, 2.24) is 0 Å². The molecule has 0 N–H and O–H groups in total. The highest BCUT2D eigenvalue weighted by molar-refractivity contribution is 6.09. The summed E-state index contributed by atoms with van der Waals surface area (Å²) in [4.78, 5) is 28.6. The molecule has 4 aromatic carbocycles. The number of hydrogen-bond acceptors (Lipinski definition) is 5. The molecule has 214 valence electrons. The van der Waals surface area contributed by atoms with Gasteiger partial charge in [-0.25, -0.2) is 4.39 Å². The van der Waals surface area contributed by atoms with Crippen LogP contribution in [0.5, 0.6) is 11.5 Å². The third-order valence-electron chi connectivity index (χ3n) is 8.16. The summed E-state index contributed by atoms with van der Waals surface area (Å²) in [7, 11) is 0. The Kier molecular flexibility index (Phi) is 7.66. The molecule has 4 aromatic rings. The second-order valence-corrected chi connectivity index (χ2v) is 10.9. The lowest BCUT2D eigenvalue weighted by Gasteiger charge is -2.26. The second-order valence-electron chi connectivity index (χ2n) is 10.9. The summed E-state index contributed by atoms with van der Waals surface area (Å²) < 4.78 is 31.0. The van der Waals surface area contributed by atoms with Crippen LogP contribution >= 0.6 is 0 Å². The lowest BCUT2D eigenvalue weighted by molar-refractivity contribution is -0.145. The molecule has 0 spiro atoms. The fourth-order valence-electron chi connectivity index (χ4n) is 5.91. The number of hydrogen-bond donors (Lipinski definition) is 0. The van der Waals surface area contributed by atoms with Gasteiger partial charge in [-0.2, -0.15) is 0 Å². The minimum absolute atomic E-state index is 0.0735. The molecule has 0 aromatic heterocycles. The largest absolute Gasteiger partial charge is 0.493 e. The van der Waals surface area contributed by atoms with Crippen molar-refractivity contribution in [2.24, 2.45) is 0 Å². The first-order valence-corrected chi connectivity index (χ1v) is 14.2. The molecule has 0 aliphatic carbocycles. The number of fused-ring (bicyclic) bond motifs is 2. The number of amides is 1. The van der Waals surface area contributed by atoms with Crippen LogP contribution in [0, 0.1) is 12.7 Å². The van der Waals surface area contributed by atoms with E-state index in [9.17, 15) is 14.0 Å². The number of aryl methyl sites for hydroxylation is 1. The van der Waals surface area contributed by atoms with Gasteiger partial charge in [0.05, 0.1) is 25.6 Å². The van der Waals surface area contributed by atoms with E-state index in [2.05, 4.69) is 0 Å². The molecule has 3 atom stereocenters. The molecule has 0 fully saturated rings. The Morgan fingerprint density at radius 3 is 2.55 bits per heavy atom. The average molecular weight is 566 g/mol. The molecular weight excluding hydrogens is 533 g/mol. The van der Waals surface area contributed by atoms with Gasteiger partial charge >= 0.3 is 5.97 Å². The Labute approximate surface area is 244 Å². The van der Waals surface area contributed by atoms with Crippen molar-refractivity contribution in [2.45, 2.75) is 44.8 Å². The van der Waals surface area contributed by atoms with Crippen molar-refractivity contribution in [3.8, 4) is 11.5 Å². The van der Waals surface area contributed by atoms with Crippen LogP contribution in [0.1, 0.15) is 57.8 Å². The predicted octanol–water partition coefficient (Wildman–Crippen LogP) is 6.96. The minimum atomic E-state index is -0.299. The van der Waals surface area contributed by atoms with Gasteiger partial charge in [-0.3, -0.25) is 9.59 Å². The third-order valence-corrected chi connectivity index (χ3v) is 8.16. The monoisotopic (exact) mass is 565 g/mol. The van der Waals surface area contributed by atoms with Gasteiger partial charge in [-0.05, 0) is 73.0 Å². The molecule has 6 nitrogen and oxygen atoms in total. The first kappa shape index (κ1) is 27.5. The fraction of sp³-hybridized carbons (Fsp3) is 0.257. The summed E-state index contributed by atoms with van der Waals surface area (Å²) in [6.45, 7) is 4.85. The van der Waals surface area contributed by atoms with Crippen LogP contribution in [0.3, 0.4) is 0 Å². The van der Waals surface area contributed by atoms with E-state index in [0.29, 0.717) is 30.3 Å².